The number of hydrogen-bond donors (Lipinski definition) is 1. The third kappa shape index (κ3) is 2.55. The van der Waals surface area contributed by atoms with Crippen LogP contribution in [0.15, 0.2) is 24.3 Å². The third-order valence-electron chi connectivity index (χ3n) is 3.42. The lowest BCUT2D eigenvalue weighted by atomic mass is 9.82. The highest BCUT2D eigenvalue weighted by molar-refractivity contribution is 5.85. The molecule has 1 aliphatic rings. The number of piperidine rings is 1. The van der Waals surface area contributed by atoms with E-state index in [2.05, 4.69) is 5.32 Å². The molecule has 2 unspecified atom stereocenters. The molecule has 1 heterocycles. The normalized spacial score (nSPS) is 28.3. The van der Waals surface area contributed by atoms with Crippen molar-refractivity contribution in [3.63, 3.8) is 0 Å². The quantitative estimate of drug-likeness (QED) is 0.882. The number of rotatable bonds is 2. The van der Waals surface area contributed by atoms with Gasteiger partial charge in [-0.15, -0.1) is 12.4 Å². The Hall–Kier alpha value is -0.800. The summed E-state index contributed by atoms with van der Waals surface area (Å²) in [5.41, 5.74) is 0.287. The van der Waals surface area contributed by atoms with Crippen molar-refractivity contribution in [2.24, 2.45) is 0 Å². The topological polar surface area (TPSA) is 21.3 Å². The molecule has 96 valence electrons. The average Bonchev–Trinajstić information content (AvgIpc) is 2.33. The summed E-state index contributed by atoms with van der Waals surface area (Å²) in [6.45, 7) is 2.77. The van der Waals surface area contributed by atoms with Gasteiger partial charge < -0.3 is 10.1 Å². The van der Waals surface area contributed by atoms with Gasteiger partial charge in [0, 0.05) is 5.56 Å². The van der Waals surface area contributed by atoms with Crippen LogP contribution in [0.2, 0.25) is 0 Å². The third-order valence-corrected chi connectivity index (χ3v) is 3.42. The molecule has 1 N–H and O–H groups in total. The summed E-state index contributed by atoms with van der Waals surface area (Å²) in [7, 11) is 1.62. The zero-order valence-electron chi connectivity index (χ0n) is 10.2. The summed E-state index contributed by atoms with van der Waals surface area (Å²) in [4.78, 5) is 0. The molecule has 4 heteroatoms. The van der Waals surface area contributed by atoms with E-state index in [1.807, 2.05) is 31.2 Å². The molecule has 0 radical (unpaired) electrons. The lowest BCUT2D eigenvalue weighted by Gasteiger charge is -2.39. The van der Waals surface area contributed by atoms with Crippen LogP contribution in [-0.2, 0) is 5.54 Å². The summed E-state index contributed by atoms with van der Waals surface area (Å²) in [5, 5.41) is 3.28. The van der Waals surface area contributed by atoms with Gasteiger partial charge in [-0.3, -0.25) is 0 Å². The molecule has 2 atom stereocenters. The molecule has 1 aliphatic heterocycles. The van der Waals surface area contributed by atoms with Gasteiger partial charge in [-0.05, 0) is 32.4 Å². The Kier molecular flexibility index (Phi) is 4.78. The van der Waals surface area contributed by atoms with Crippen molar-refractivity contribution >= 4 is 12.4 Å². The zero-order valence-corrected chi connectivity index (χ0v) is 11.0. The van der Waals surface area contributed by atoms with Gasteiger partial charge in [-0.1, -0.05) is 18.2 Å². The number of ether oxygens (including phenoxy) is 1. The van der Waals surface area contributed by atoms with Crippen molar-refractivity contribution in [2.75, 3.05) is 13.7 Å². The minimum Gasteiger partial charge on any atom is -0.496 e. The maximum absolute atomic E-state index is 14.1. The molecule has 1 saturated heterocycles. The van der Waals surface area contributed by atoms with Gasteiger partial charge in [0.05, 0.1) is 12.6 Å². The molecule has 0 saturated carbocycles. The molecule has 0 bridgehead atoms. The number of para-hydroxylation sites is 1. The first kappa shape index (κ1) is 14.3. The predicted octanol–water partition coefficient (Wildman–Crippen LogP) is 3.05. The van der Waals surface area contributed by atoms with E-state index in [1.165, 1.54) is 0 Å². The highest BCUT2D eigenvalue weighted by atomic mass is 35.5. The highest BCUT2D eigenvalue weighted by Gasteiger charge is 2.39. The van der Waals surface area contributed by atoms with Gasteiger partial charge in [0.2, 0.25) is 0 Å². The van der Waals surface area contributed by atoms with Gasteiger partial charge in [-0.25, -0.2) is 4.39 Å². The molecular formula is C13H19ClFNO. The number of halogens is 2. The second kappa shape index (κ2) is 5.69. The van der Waals surface area contributed by atoms with Crippen molar-refractivity contribution in [1.29, 1.82) is 0 Å². The summed E-state index contributed by atoms with van der Waals surface area (Å²) in [6.07, 6.45) is 0.644. The van der Waals surface area contributed by atoms with Crippen molar-refractivity contribution in [3.05, 3.63) is 29.8 Å². The zero-order chi connectivity index (χ0) is 11.6. The molecule has 0 aromatic heterocycles. The van der Waals surface area contributed by atoms with Gasteiger partial charge >= 0.3 is 0 Å². The van der Waals surface area contributed by atoms with Crippen LogP contribution < -0.4 is 10.1 Å². The monoisotopic (exact) mass is 259 g/mol. The molecular weight excluding hydrogens is 241 g/mol. The number of benzene rings is 1. The van der Waals surface area contributed by atoms with Crippen LogP contribution in [-0.4, -0.2) is 19.8 Å². The van der Waals surface area contributed by atoms with Crippen LogP contribution in [0.5, 0.6) is 5.75 Å². The van der Waals surface area contributed by atoms with Crippen molar-refractivity contribution in [2.45, 2.75) is 31.5 Å². The number of nitrogens with one attached hydrogen (secondary N) is 1. The fourth-order valence-corrected chi connectivity index (χ4v) is 2.37. The molecule has 0 amide bonds. The minimum atomic E-state index is -0.863. The smallest absolute Gasteiger partial charge is 0.124 e. The molecule has 1 fully saturated rings. The Labute approximate surface area is 108 Å². The van der Waals surface area contributed by atoms with E-state index in [4.69, 9.17) is 4.74 Å². The first-order valence-corrected chi connectivity index (χ1v) is 5.71. The average molecular weight is 260 g/mol. The Morgan fingerprint density at radius 3 is 2.76 bits per heavy atom. The van der Waals surface area contributed by atoms with E-state index < -0.39 is 11.7 Å². The summed E-state index contributed by atoms with van der Waals surface area (Å²) < 4.78 is 19.4. The van der Waals surface area contributed by atoms with Crippen LogP contribution in [0, 0.1) is 0 Å². The fourth-order valence-electron chi connectivity index (χ4n) is 2.37. The van der Waals surface area contributed by atoms with E-state index in [9.17, 15) is 4.39 Å². The summed E-state index contributed by atoms with van der Waals surface area (Å²) >= 11 is 0. The van der Waals surface area contributed by atoms with Gasteiger partial charge in [-0.2, -0.15) is 0 Å². The second-order valence-corrected chi connectivity index (χ2v) is 4.44. The Morgan fingerprint density at radius 2 is 2.12 bits per heavy atom. The highest BCUT2D eigenvalue weighted by Crippen LogP contribution is 2.37. The Morgan fingerprint density at radius 1 is 1.41 bits per heavy atom. The Balaban J connectivity index is 0.00000144. The first-order chi connectivity index (χ1) is 7.68. The van der Waals surface area contributed by atoms with Crippen LogP contribution in [0.25, 0.3) is 0 Å². The van der Waals surface area contributed by atoms with Crippen LogP contribution in [0.4, 0.5) is 4.39 Å². The summed E-state index contributed by atoms with van der Waals surface area (Å²) in [6, 6.07) is 7.64. The first-order valence-electron chi connectivity index (χ1n) is 5.71. The van der Waals surface area contributed by atoms with E-state index >= 15 is 0 Å². The molecule has 2 nitrogen and oxygen atoms in total. The molecule has 0 aliphatic carbocycles. The standard InChI is InChI=1S/C13H18FNO.ClH/c1-13(12(14)8-5-9-15-13)10-6-3-4-7-11(10)16-2;/h3-4,6-7,12,15H,5,8-9H2,1-2H3;1H. The van der Waals surface area contributed by atoms with E-state index in [0.29, 0.717) is 6.42 Å². The van der Waals surface area contributed by atoms with Crippen LogP contribution >= 0.6 is 12.4 Å². The number of hydrogen-bond acceptors (Lipinski definition) is 2. The second-order valence-electron chi connectivity index (χ2n) is 4.44. The van der Waals surface area contributed by atoms with E-state index in [-0.39, 0.29) is 12.4 Å². The molecule has 1 aromatic rings. The Bertz CT molecular complexity index is 374. The van der Waals surface area contributed by atoms with Crippen molar-refractivity contribution in [1.82, 2.24) is 5.32 Å². The SMILES string of the molecule is COc1ccccc1C1(C)NCCCC1F.Cl. The van der Waals surface area contributed by atoms with Gasteiger partial charge in [0.25, 0.3) is 0 Å². The van der Waals surface area contributed by atoms with Crippen LogP contribution in [0.1, 0.15) is 25.3 Å². The molecule has 2 rings (SSSR count). The lowest BCUT2D eigenvalue weighted by Crippen LogP contribution is -2.51. The van der Waals surface area contributed by atoms with Crippen molar-refractivity contribution < 1.29 is 9.13 Å². The van der Waals surface area contributed by atoms with E-state index in [0.717, 1.165) is 24.3 Å². The lowest BCUT2D eigenvalue weighted by molar-refractivity contribution is 0.118. The number of methoxy groups -OCH3 is 1. The molecule has 17 heavy (non-hydrogen) atoms. The minimum absolute atomic E-state index is 0. The van der Waals surface area contributed by atoms with E-state index in [1.54, 1.807) is 7.11 Å². The maximum Gasteiger partial charge on any atom is 0.124 e. The summed E-state index contributed by atoms with van der Waals surface area (Å²) in [5.74, 6) is 0.752. The molecule has 0 spiro atoms. The molecule has 1 aromatic carbocycles. The van der Waals surface area contributed by atoms with Gasteiger partial charge in [0.15, 0.2) is 0 Å². The maximum atomic E-state index is 14.1. The fraction of sp³-hybridized carbons (Fsp3) is 0.538. The number of alkyl halides is 1. The predicted molar refractivity (Wildman–Crippen MR) is 69.7 cm³/mol. The van der Waals surface area contributed by atoms with Crippen LogP contribution in [0.3, 0.4) is 0 Å². The van der Waals surface area contributed by atoms with Crippen molar-refractivity contribution in [3.8, 4) is 5.75 Å². The van der Waals surface area contributed by atoms with Gasteiger partial charge in [0.1, 0.15) is 11.9 Å². The largest absolute Gasteiger partial charge is 0.496 e.